The second-order valence-corrected chi connectivity index (χ2v) is 5.46. The zero-order valence-electron chi connectivity index (χ0n) is 11.3. The average molecular weight is 248 g/mol. The maximum Gasteiger partial charge on any atom is 0.0305 e. The fraction of sp³-hybridized carbons (Fsp3) is 0.500. The maximum absolute atomic E-state index is 2.35. The first-order chi connectivity index (χ1) is 8.31. The molecule has 0 aliphatic carbocycles. The topological polar surface area (TPSA) is 0 Å². The molecule has 0 aliphatic heterocycles. The Morgan fingerprint density at radius 1 is 1.06 bits per heavy atom. The van der Waals surface area contributed by atoms with Gasteiger partial charge in [-0.05, 0) is 50.5 Å². The maximum atomic E-state index is 2.35. The van der Waals surface area contributed by atoms with Crippen LogP contribution in [0.2, 0.25) is 0 Å². The number of rotatable bonds is 7. The lowest BCUT2D eigenvalue weighted by Crippen LogP contribution is -1.85. The van der Waals surface area contributed by atoms with Gasteiger partial charge in [0.05, 0.1) is 0 Å². The van der Waals surface area contributed by atoms with Gasteiger partial charge in [-0.1, -0.05) is 38.3 Å². The molecule has 0 saturated carbocycles. The molecule has 1 aromatic heterocycles. The first-order valence-corrected chi connectivity index (χ1v) is 7.51. The molecule has 0 amide bonds. The van der Waals surface area contributed by atoms with Crippen molar-refractivity contribution < 1.29 is 0 Å². The van der Waals surface area contributed by atoms with Crippen LogP contribution in [0.15, 0.2) is 18.2 Å². The summed E-state index contributed by atoms with van der Waals surface area (Å²) in [4.78, 5) is 2.82. The summed E-state index contributed by atoms with van der Waals surface area (Å²) in [5, 5.41) is 0. The predicted octanol–water partition coefficient (Wildman–Crippen LogP) is 5.94. The van der Waals surface area contributed by atoms with Gasteiger partial charge in [-0.25, -0.2) is 0 Å². The van der Waals surface area contributed by atoms with Crippen molar-refractivity contribution in [2.24, 2.45) is 0 Å². The first-order valence-electron chi connectivity index (χ1n) is 6.69. The quantitative estimate of drug-likeness (QED) is 0.524. The van der Waals surface area contributed by atoms with E-state index in [1.807, 2.05) is 11.3 Å². The van der Waals surface area contributed by atoms with Crippen molar-refractivity contribution in [2.75, 3.05) is 0 Å². The van der Waals surface area contributed by atoms with Crippen LogP contribution >= 0.6 is 11.3 Å². The summed E-state index contributed by atoms with van der Waals surface area (Å²) in [5.74, 6) is 0. The highest BCUT2D eigenvalue weighted by molar-refractivity contribution is 7.14. The van der Waals surface area contributed by atoms with Gasteiger partial charge in [0.25, 0.3) is 0 Å². The van der Waals surface area contributed by atoms with E-state index >= 15 is 0 Å². The monoisotopic (exact) mass is 248 g/mol. The molecule has 0 nitrogen and oxygen atoms in total. The van der Waals surface area contributed by atoms with E-state index < -0.39 is 0 Å². The molecule has 1 heterocycles. The largest absolute Gasteiger partial charge is 0.136 e. The molecule has 17 heavy (non-hydrogen) atoms. The molecular weight excluding hydrogens is 224 g/mol. The molecule has 1 rings (SSSR count). The normalized spacial score (nSPS) is 11.9. The van der Waals surface area contributed by atoms with Crippen LogP contribution in [0.1, 0.15) is 61.8 Å². The molecule has 0 N–H and O–H groups in total. The Morgan fingerprint density at radius 3 is 2.47 bits per heavy atom. The SMILES string of the molecule is C/C=C\c1cc(CCCCCC)c(/C=C/C)s1. The highest BCUT2D eigenvalue weighted by Gasteiger charge is 2.04. The fourth-order valence-corrected chi connectivity index (χ4v) is 3.10. The molecule has 94 valence electrons. The van der Waals surface area contributed by atoms with Crippen molar-refractivity contribution in [1.29, 1.82) is 0 Å². The zero-order valence-corrected chi connectivity index (χ0v) is 12.1. The van der Waals surface area contributed by atoms with E-state index in [0.717, 1.165) is 0 Å². The fourth-order valence-electron chi connectivity index (χ4n) is 1.94. The summed E-state index contributed by atoms with van der Waals surface area (Å²) >= 11 is 1.90. The number of thiophene rings is 1. The lowest BCUT2D eigenvalue weighted by atomic mass is 10.1. The minimum absolute atomic E-state index is 1.23. The second kappa shape index (κ2) is 8.30. The van der Waals surface area contributed by atoms with E-state index in [1.165, 1.54) is 47.4 Å². The predicted molar refractivity (Wildman–Crippen MR) is 81.6 cm³/mol. The summed E-state index contributed by atoms with van der Waals surface area (Å²) < 4.78 is 0. The smallest absolute Gasteiger partial charge is 0.0305 e. The van der Waals surface area contributed by atoms with Crippen LogP contribution in [0.3, 0.4) is 0 Å². The summed E-state index contributed by atoms with van der Waals surface area (Å²) in [7, 11) is 0. The standard InChI is InChI=1S/C16H24S/c1-4-7-8-9-12-14-13-15(10-5-2)17-16(14)11-6-3/h5-6,10-11,13H,4,7-9,12H2,1-3H3/b10-5-,11-6+. The van der Waals surface area contributed by atoms with Crippen LogP contribution in [0.5, 0.6) is 0 Å². The Morgan fingerprint density at radius 2 is 1.82 bits per heavy atom. The molecule has 0 atom stereocenters. The van der Waals surface area contributed by atoms with Crippen molar-refractivity contribution in [1.82, 2.24) is 0 Å². The Kier molecular flexibility index (Phi) is 6.95. The number of unbranched alkanes of at least 4 members (excludes halogenated alkanes) is 3. The van der Waals surface area contributed by atoms with Gasteiger partial charge in [0.1, 0.15) is 0 Å². The summed E-state index contributed by atoms with van der Waals surface area (Å²) in [5.41, 5.74) is 1.53. The lowest BCUT2D eigenvalue weighted by molar-refractivity contribution is 0.667. The van der Waals surface area contributed by atoms with Crippen LogP contribution in [-0.4, -0.2) is 0 Å². The zero-order chi connectivity index (χ0) is 12.5. The van der Waals surface area contributed by atoms with Crippen molar-refractivity contribution in [2.45, 2.75) is 52.9 Å². The van der Waals surface area contributed by atoms with E-state index in [-0.39, 0.29) is 0 Å². The van der Waals surface area contributed by atoms with Gasteiger partial charge in [0.2, 0.25) is 0 Å². The van der Waals surface area contributed by atoms with E-state index in [0.29, 0.717) is 0 Å². The van der Waals surface area contributed by atoms with Crippen molar-refractivity contribution in [3.8, 4) is 0 Å². The highest BCUT2D eigenvalue weighted by Crippen LogP contribution is 2.26. The number of allylic oxidation sites excluding steroid dienone is 2. The summed E-state index contributed by atoms with van der Waals surface area (Å²) in [6.45, 7) is 6.44. The third-order valence-corrected chi connectivity index (χ3v) is 3.92. The van der Waals surface area contributed by atoms with Crippen LogP contribution in [0, 0.1) is 0 Å². The van der Waals surface area contributed by atoms with Crippen molar-refractivity contribution >= 4 is 23.5 Å². The summed E-state index contributed by atoms with van der Waals surface area (Å²) in [6, 6.07) is 2.35. The lowest BCUT2D eigenvalue weighted by Gasteiger charge is -1.99. The molecule has 0 aromatic carbocycles. The molecule has 0 spiro atoms. The Labute approximate surface area is 110 Å². The van der Waals surface area contributed by atoms with Crippen LogP contribution in [0.25, 0.3) is 12.2 Å². The van der Waals surface area contributed by atoms with Gasteiger partial charge in [-0.3, -0.25) is 0 Å². The number of aryl methyl sites for hydroxylation is 1. The molecule has 1 aromatic rings. The van der Waals surface area contributed by atoms with E-state index in [4.69, 9.17) is 0 Å². The van der Waals surface area contributed by atoms with Gasteiger partial charge in [0, 0.05) is 9.75 Å². The van der Waals surface area contributed by atoms with E-state index in [1.54, 1.807) is 0 Å². The van der Waals surface area contributed by atoms with Crippen LogP contribution in [-0.2, 0) is 6.42 Å². The Hall–Kier alpha value is -0.820. The number of hydrogen-bond acceptors (Lipinski definition) is 1. The molecule has 0 saturated heterocycles. The minimum atomic E-state index is 1.23. The van der Waals surface area contributed by atoms with Gasteiger partial charge in [-0.2, -0.15) is 0 Å². The molecule has 0 radical (unpaired) electrons. The third kappa shape index (κ3) is 4.91. The van der Waals surface area contributed by atoms with Crippen LogP contribution < -0.4 is 0 Å². The highest BCUT2D eigenvalue weighted by atomic mass is 32.1. The van der Waals surface area contributed by atoms with E-state index in [2.05, 4.69) is 51.1 Å². The summed E-state index contributed by atoms with van der Waals surface area (Å²) in [6.07, 6.45) is 15.3. The van der Waals surface area contributed by atoms with Crippen LogP contribution in [0.4, 0.5) is 0 Å². The van der Waals surface area contributed by atoms with Gasteiger partial charge in [0.15, 0.2) is 0 Å². The second-order valence-electron chi connectivity index (χ2n) is 4.35. The van der Waals surface area contributed by atoms with E-state index in [9.17, 15) is 0 Å². The molecule has 0 bridgehead atoms. The number of hydrogen-bond donors (Lipinski definition) is 0. The molecule has 1 heteroatoms. The first kappa shape index (κ1) is 14.2. The average Bonchev–Trinajstić information content (AvgIpc) is 2.68. The molecule has 0 fully saturated rings. The minimum Gasteiger partial charge on any atom is -0.136 e. The molecular formula is C16H24S. The molecule has 0 unspecified atom stereocenters. The van der Waals surface area contributed by atoms with Crippen molar-refractivity contribution in [3.05, 3.63) is 33.5 Å². The van der Waals surface area contributed by atoms with Gasteiger partial charge < -0.3 is 0 Å². The van der Waals surface area contributed by atoms with Gasteiger partial charge >= 0.3 is 0 Å². The van der Waals surface area contributed by atoms with Crippen molar-refractivity contribution in [3.63, 3.8) is 0 Å². The third-order valence-electron chi connectivity index (χ3n) is 2.81. The molecule has 0 aliphatic rings. The van der Waals surface area contributed by atoms with Gasteiger partial charge in [-0.15, -0.1) is 11.3 Å². The Balaban J connectivity index is 2.67. The Bertz CT molecular complexity index is 369.